The summed E-state index contributed by atoms with van der Waals surface area (Å²) in [5, 5.41) is 21.5. The number of nitrogens with one attached hydrogen (secondary N) is 1. The second-order valence-electron chi connectivity index (χ2n) is 6.81. The number of aromatic amines is 1. The van der Waals surface area contributed by atoms with Gasteiger partial charge in [-0.2, -0.15) is 16.4 Å². The Morgan fingerprint density at radius 1 is 1.36 bits per heavy atom. The van der Waals surface area contributed by atoms with Gasteiger partial charge < -0.3 is 5.11 Å². The topological polar surface area (TPSA) is 52.1 Å². The summed E-state index contributed by atoms with van der Waals surface area (Å²) in [5.74, 6) is 0. The molecule has 0 fully saturated rings. The molecule has 0 aromatic carbocycles. The average molecular weight is 321 g/mol. The number of aliphatic hydroxyl groups excluding tert-OH is 1. The molecule has 2 N–H and O–H groups in total. The van der Waals surface area contributed by atoms with Crippen LogP contribution in [-0.2, 0) is 18.5 Å². The maximum Gasteiger partial charge on any atom is 0.0678 e. The van der Waals surface area contributed by atoms with Crippen LogP contribution in [0.3, 0.4) is 0 Å². The van der Waals surface area contributed by atoms with E-state index in [0.29, 0.717) is 0 Å². The summed E-state index contributed by atoms with van der Waals surface area (Å²) in [6.45, 7) is 10.4. The number of hydrogen-bond acceptors (Lipinski definition) is 4. The molecule has 4 nitrogen and oxygen atoms in total. The molecule has 0 unspecified atom stereocenters. The SMILES string of the molecule is CC[C@H](CO)N(Cc1ccsc1)Cc1cc(C(C)(C)C)n[nH]1. The fraction of sp³-hybridized carbons (Fsp3) is 0.588. The Labute approximate surface area is 137 Å². The standard InChI is InChI=1S/C17H27N3OS/c1-5-15(11-21)20(9-13-6-7-22-12-13)10-14-8-16(19-18-14)17(2,3)4/h6-8,12,15,21H,5,9-11H2,1-4H3,(H,18,19)/t15-/m1/s1. The number of aliphatic hydroxyl groups is 1. The van der Waals surface area contributed by atoms with Crippen LogP contribution in [-0.4, -0.2) is 32.9 Å². The van der Waals surface area contributed by atoms with Crippen LogP contribution < -0.4 is 0 Å². The zero-order valence-electron chi connectivity index (χ0n) is 14.0. The van der Waals surface area contributed by atoms with Gasteiger partial charge in [0, 0.05) is 30.2 Å². The van der Waals surface area contributed by atoms with E-state index in [-0.39, 0.29) is 18.1 Å². The first-order valence-electron chi connectivity index (χ1n) is 7.84. The predicted octanol–water partition coefficient (Wildman–Crippen LogP) is 3.54. The van der Waals surface area contributed by atoms with E-state index >= 15 is 0 Å². The second kappa shape index (κ2) is 7.40. The summed E-state index contributed by atoms with van der Waals surface area (Å²) in [6.07, 6.45) is 0.931. The van der Waals surface area contributed by atoms with Gasteiger partial charge in [0.2, 0.25) is 0 Å². The van der Waals surface area contributed by atoms with Gasteiger partial charge in [0.05, 0.1) is 12.3 Å². The van der Waals surface area contributed by atoms with Crippen LogP contribution >= 0.6 is 11.3 Å². The molecular weight excluding hydrogens is 294 g/mol. The molecule has 0 saturated carbocycles. The lowest BCUT2D eigenvalue weighted by Gasteiger charge is -2.29. The van der Waals surface area contributed by atoms with Gasteiger partial charge in [-0.05, 0) is 34.9 Å². The molecule has 1 atom stereocenters. The number of thiophene rings is 1. The van der Waals surface area contributed by atoms with Crippen molar-refractivity contribution in [3.05, 3.63) is 39.8 Å². The Hall–Kier alpha value is -1.17. The molecule has 2 rings (SSSR count). The maximum absolute atomic E-state index is 9.67. The van der Waals surface area contributed by atoms with Crippen LogP contribution in [0.25, 0.3) is 0 Å². The van der Waals surface area contributed by atoms with Crippen LogP contribution in [0, 0.1) is 0 Å². The molecule has 122 valence electrons. The first-order valence-corrected chi connectivity index (χ1v) is 8.79. The first kappa shape index (κ1) is 17.2. The van der Waals surface area contributed by atoms with Gasteiger partial charge in [-0.1, -0.05) is 27.7 Å². The molecule has 0 aliphatic rings. The minimum Gasteiger partial charge on any atom is -0.395 e. The van der Waals surface area contributed by atoms with Crippen molar-refractivity contribution in [2.75, 3.05) is 6.61 Å². The lowest BCUT2D eigenvalue weighted by molar-refractivity contribution is 0.105. The summed E-state index contributed by atoms with van der Waals surface area (Å²) in [5.41, 5.74) is 3.53. The Bertz CT molecular complexity index is 553. The van der Waals surface area contributed by atoms with E-state index in [0.717, 1.165) is 30.9 Å². The Balaban J connectivity index is 2.13. The monoisotopic (exact) mass is 321 g/mol. The Morgan fingerprint density at radius 3 is 2.64 bits per heavy atom. The highest BCUT2D eigenvalue weighted by Crippen LogP contribution is 2.22. The highest BCUT2D eigenvalue weighted by atomic mass is 32.1. The quantitative estimate of drug-likeness (QED) is 0.820. The van der Waals surface area contributed by atoms with Crippen molar-refractivity contribution < 1.29 is 5.11 Å². The average Bonchev–Trinajstić information content (AvgIpc) is 3.10. The highest BCUT2D eigenvalue weighted by Gasteiger charge is 2.21. The van der Waals surface area contributed by atoms with E-state index in [1.807, 2.05) is 0 Å². The van der Waals surface area contributed by atoms with Crippen molar-refractivity contribution >= 4 is 11.3 Å². The molecule has 5 heteroatoms. The van der Waals surface area contributed by atoms with E-state index in [9.17, 15) is 5.11 Å². The normalized spacial score (nSPS) is 13.7. The van der Waals surface area contributed by atoms with Crippen LogP contribution in [0.1, 0.15) is 51.1 Å². The van der Waals surface area contributed by atoms with Crippen LogP contribution in [0.5, 0.6) is 0 Å². The van der Waals surface area contributed by atoms with E-state index in [1.54, 1.807) is 11.3 Å². The number of nitrogens with zero attached hydrogens (tertiary/aromatic N) is 2. The fourth-order valence-electron chi connectivity index (χ4n) is 2.48. The van der Waals surface area contributed by atoms with E-state index in [1.165, 1.54) is 5.56 Å². The Morgan fingerprint density at radius 2 is 2.14 bits per heavy atom. The third kappa shape index (κ3) is 4.41. The van der Waals surface area contributed by atoms with E-state index < -0.39 is 0 Å². The van der Waals surface area contributed by atoms with Crippen molar-refractivity contribution in [2.24, 2.45) is 0 Å². The van der Waals surface area contributed by atoms with Crippen molar-refractivity contribution in [1.29, 1.82) is 0 Å². The molecule has 2 aromatic heterocycles. The molecule has 0 saturated heterocycles. The number of H-pyrrole nitrogens is 1. The van der Waals surface area contributed by atoms with E-state index in [4.69, 9.17) is 0 Å². The summed E-state index contributed by atoms with van der Waals surface area (Å²) in [6, 6.07) is 4.46. The largest absolute Gasteiger partial charge is 0.395 e. The molecule has 2 heterocycles. The zero-order valence-corrected chi connectivity index (χ0v) is 14.8. The molecule has 2 aromatic rings. The number of hydrogen-bond donors (Lipinski definition) is 2. The van der Waals surface area contributed by atoms with Crippen molar-refractivity contribution in [1.82, 2.24) is 15.1 Å². The smallest absolute Gasteiger partial charge is 0.0678 e. The van der Waals surface area contributed by atoms with Crippen molar-refractivity contribution in [3.8, 4) is 0 Å². The number of aromatic nitrogens is 2. The Kier molecular flexibility index (Phi) is 5.78. The van der Waals surface area contributed by atoms with Gasteiger partial charge >= 0.3 is 0 Å². The molecule has 22 heavy (non-hydrogen) atoms. The van der Waals surface area contributed by atoms with Crippen LogP contribution in [0.4, 0.5) is 0 Å². The predicted molar refractivity (Wildman–Crippen MR) is 92.0 cm³/mol. The fourth-order valence-corrected chi connectivity index (χ4v) is 3.14. The lowest BCUT2D eigenvalue weighted by Crippen LogP contribution is -2.36. The summed E-state index contributed by atoms with van der Waals surface area (Å²) < 4.78 is 0. The van der Waals surface area contributed by atoms with Gasteiger partial charge in [0.15, 0.2) is 0 Å². The van der Waals surface area contributed by atoms with Crippen molar-refractivity contribution in [3.63, 3.8) is 0 Å². The van der Waals surface area contributed by atoms with E-state index in [2.05, 4.69) is 65.7 Å². The van der Waals surface area contributed by atoms with Crippen LogP contribution in [0.2, 0.25) is 0 Å². The number of rotatable bonds is 7. The molecule has 0 bridgehead atoms. The van der Waals surface area contributed by atoms with Gasteiger partial charge in [-0.15, -0.1) is 0 Å². The maximum atomic E-state index is 9.67. The molecule has 0 amide bonds. The molecule has 0 radical (unpaired) electrons. The summed E-state index contributed by atoms with van der Waals surface area (Å²) >= 11 is 1.71. The van der Waals surface area contributed by atoms with Gasteiger partial charge in [-0.3, -0.25) is 10.00 Å². The third-order valence-electron chi connectivity index (χ3n) is 3.94. The first-order chi connectivity index (χ1) is 10.4. The van der Waals surface area contributed by atoms with Gasteiger partial charge in [0.1, 0.15) is 0 Å². The van der Waals surface area contributed by atoms with Gasteiger partial charge in [0.25, 0.3) is 0 Å². The zero-order chi connectivity index (χ0) is 16.2. The second-order valence-corrected chi connectivity index (χ2v) is 7.59. The lowest BCUT2D eigenvalue weighted by atomic mass is 9.92. The molecule has 0 aliphatic heterocycles. The van der Waals surface area contributed by atoms with Crippen LogP contribution in [0.15, 0.2) is 22.9 Å². The summed E-state index contributed by atoms with van der Waals surface area (Å²) in [7, 11) is 0. The van der Waals surface area contributed by atoms with Crippen molar-refractivity contribution in [2.45, 2.75) is 58.7 Å². The summed E-state index contributed by atoms with van der Waals surface area (Å²) in [4.78, 5) is 2.32. The molecule has 0 aliphatic carbocycles. The highest BCUT2D eigenvalue weighted by molar-refractivity contribution is 7.07. The minimum absolute atomic E-state index is 0.0497. The molecule has 0 spiro atoms. The third-order valence-corrected chi connectivity index (χ3v) is 4.67. The van der Waals surface area contributed by atoms with Gasteiger partial charge in [-0.25, -0.2) is 0 Å². The molecular formula is C17H27N3OS. The minimum atomic E-state index is 0.0497.